The largest absolute Gasteiger partial charge is 0.478 e. The molecule has 4 heteroatoms. The van der Waals surface area contributed by atoms with Crippen molar-refractivity contribution in [2.24, 2.45) is 0 Å². The standard InChI is InChI=1S/C20H32O4/c1-2-3-4-5-6-7-8-9-10-11-12-13-14-16-19(24-23)17-15-18-20(21)22/h12-18,23H,2-11H2,1H3,(H,21,22)/b13-12-,16-14+,18-15?,19-17-. The van der Waals surface area contributed by atoms with Gasteiger partial charge in [0.2, 0.25) is 0 Å². The van der Waals surface area contributed by atoms with Crippen molar-refractivity contribution < 1.29 is 20.0 Å². The van der Waals surface area contributed by atoms with Gasteiger partial charge in [0.05, 0.1) is 0 Å². The molecule has 0 amide bonds. The highest BCUT2D eigenvalue weighted by Gasteiger charge is 1.91. The van der Waals surface area contributed by atoms with Gasteiger partial charge in [-0.3, -0.25) is 0 Å². The van der Waals surface area contributed by atoms with E-state index in [9.17, 15) is 4.79 Å². The summed E-state index contributed by atoms with van der Waals surface area (Å²) in [6, 6.07) is 0. The van der Waals surface area contributed by atoms with Crippen LogP contribution in [0.4, 0.5) is 0 Å². The van der Waals surface area contributed by atoms with Crippen LogP contribution < -0.4 is 0 Å². The number of hydrogen-bond acceptors (Lipinski definition) is 3. The number of carbonyl (C=O) groups is 1. The molecule has 0 bridgehead atoms. The molecule has 0 radical (unpaired) electrons. The maximum Gasteiger partial charge on any atom is 0.328 e. The number of carboxylic acids is 1. The topological polar surface area (TPSA) is 66.8 Å². The van der Waals surface area contributed by atoms with Crippen LogP contribution in [0.2, 0.25) is 0 Å². The lowest BCUT2D eigenvalue weighted by Crippen LogP contribution is -1.85. The van der Waals surface area contributed by atoms with E-state index >= 15 is 0 Å². The van der Waals surface area contributed by atoms with Gasteiger partial charge in [-0.2, -0.15) is 0 Å². The van der Waals surface area contributed by atoms with Crippen molar-refractivity contribution in [3.63, 3.8) is 0 Å². The van der Waals surface area contributed by atoms with Gasteiger partial charge >= 0.3 is 5.97 Å². The number of carboxylic acid groups (broad SMARTS) is 1. The number of unbranched alkanes of at least 4 members (excludes halogenated alkanes) is 9. The Morgan fingerprint density at radius 3 is 2.08 bits per heavy atom. The first-order valence-corrected chi connectivity index (χ1v) is 8.96. The van der Waals surface area contributed by atoms with Crippen molar-refractivity contribution in [2.45, 2.75) is 71.1 Å². The van der Waals surface area contributed by atoms with Crippen LogP contribution in [0.3, 0.4) is 0 Å². The van der Waals surface area contributed by atoms with Crippen LogP contribution in [0.15, 0.2) is 48.3 Å². The van der Waals surface area contributed by atoms with Gasteiger partial charge in [0.15, 0.2) is 5.76 Å². The minimum absolute atomic E-state index is 0.181. The van der Waals surface area contributed by atoms with Gasteiger partial charge in [-0.15, -0.1) is 0 Å². The van der Waals surface area contributed by atoms with Crippen LogP contribution >= 0.6 is 0 Å². The quantitative estimate of drug-likeness (QED) is 0.0956. The fourth-order valence-corrected chi connectivity index (χ4v) is 2.24. The molecule has 0 rings (SSSR count). The maximum absolute atomic E-state index is 10.3. The lowest BCUT2D eigenvalue weighted by molar-refractivity contribution is -0.198. The van der Waals surface area contributed by atoms with Crippen molar-refractivity contribution in [3.8, 4) is 0 Å². The summed E-state index contributed by atoms with van der Waals surface area (Å²) in [5, 5.41) is 17.1. The lowest BCUT2D eigenvalue weighted by atomic mass is 10.1. The highest BCUT2D eigenvalue weighted by Crippen LogP contribution is 2.10. The van der Waals surface area contributed by atoms with Gasteiger partial charge in [0.25, 0.3) is 0 Å². The Bertz CT molecular complexity index is 419. The third-order valence-corrected chi connectivity index (χ3v) is 3.59. The average Bonchev–Trinajstić information content (AvgIpc) is 2.57. The van der Waals surface area contributed by atoms with Crippen molar-refractivity contribution in [2.75, 3.05) is 0 Å². The Balaban J connectivity index is 3.67. The second-order valence-electron chi connectivity index (χ2n) is 5.76. The van der Waals surface area contributed by atoms with Crippen molar-refractivity contribution in [1.82, 2.24) is 0 Å². The molecule has 0 aromatic heterocycles. The molecule has 0 atom stereocenters. The molecule has 2 N–H and O–H groups in total. The van der Waals surface area contributed by atoms with Gasteiger partial charge < -0.3 is 9.99 Å². The molecule has 0 aliphatic carbocycles. The third-order valence-electron chi connectivity index (χ3n) is 3.59. The average molecular weight is 336 g/mol. The highest BCUT2D eigenvalue weighted by molar-refractivity contribution is 5.80. The van der Waals surface area contributed by atoms with Crippen molar-refractivity contribution in [3.05, 3.63) is 48.3 Å². The van der Waals surface area contributed by atoms with E-state index in [-0.39, 0.29) is 5.76 Å². The molecule has 0 aliphatic heterocycles. The molecule has 0 aliphatic rings. The van der Waals surface area contributed by atoms with E-state index in [0.717, 1.165) is 12.5 Å². The normalized spacial score (nSPS) is 12.7. The summed E-state index contributed by atoms with van der Waals surface area (Å²) in [5.74, 6) is -0.867. The van der Waals surface area contributed by atoms with E-state index in [4.69, 9.17) is 10.4 Å². The van der Waals surface area contributed by atoms with Crippen LogP contribution in [0, 0.1) is 0 Å². The first kappa shape index (κ1) is 22.2. The zero-order chi connectivity index (χ0) is 17.9. The molecule has 4 nitrogen and oxygen atoms in total. The summed E-state index contributed by atoms with van der Waals surface area (Å²) in [4.78, 5) is 14.4. The van der Waals surface area contributed by atoms with E-state index in [1.807, 2.05) is 6.08 Å². The fourth-order valence-electron chi connectivity index (χ4n) is 2.24. The van der Waals surface area contributed by atoms with Crippen molar-refractivity contribution in [1.29, 1.82) is 0 Å². The first-order valence-electron chi connectivity index (χ1n) is 8.96. The summed E-state index contributed by atoms with van der Waals surface area (Å²) in [6.45, 7) is 2.24. The van der Waals surface area contributed by atoms with Crippen molar-refractivity contribution >= 4 is 5.97 Å². The third kappa shape index (κ3) is 16.6. The summed E-state index contributed by atoms with van der Waals surface area (Å²) < 4.78 is 0. The summed E-state index contributed by atoms with van der Waals surface area (Å²) >= 11 is 0. The fraction of sp³-hybridized carbons (Fsp3) is 0.550. The molecule has 0 unspecified atom stereocenters. The molecule has 24 heavy (non-hydrogen) atoms. The Kier molecular flexibility index (Phi) is 16.2. The van der Waals surface area contributed by atoms with Crippen LogP contribution in [0.5, 0.6) is 0 Å². The summed E-state index contributed by atoms with van der Waals surface area (Å²) in [6.07, 6.45) is 23.9. The molecule has 136 valence electrons. The van der Waals surface area contributed by atoms with Crippen LogP contribution in [-0.2, 0) is 9.68 Å². The van der Waals surface area contributed by atoms with Gasteiger partial charge in [-0.1, -0.05) is 82.6 Å². The molecule has 0 saturated heterocycles. The molecular formula is C20H32O4. The predicted octanol–water partition coefficient (Wildman–Crippen LogP) is 6.03. The molecule has 0 heterocycles. The summed E-state index contributed by atoms with van der Waals surface area (Å²) in [7, 11) is 0. The van der Waals surface area contributed by atoms with Gasteiger partial charge in [-0.25, -0.2) is 10.1 Å². The van der Waals surface area contributed by atoms with E-state index in [2.05, 4.69) is 17.9 Å². The van der Waals surface area contributed by atoms with Gasteiger partial charge in [0.1, 0.15) is 0 Å². The van der Waals surface area contributed by atoms with E-state index in [1.165, 1.54) is 69.9 Å². The number of hydrogen-bond donors (Lipinski definition) is 2. The molecule has 0 aromatic rings. The van der Waals surface area contributed by atoms with Crippen LogP contribution in [0.1, 0.15) is 71.1 Å². The number of rotatable bonds is 15. The zero-order valence-corrected chi connectivity index (χ0v) is 14.8. The van der Waals surface area contributed by atoms with Gasteiger partial charge in [-0.05, 0) is 25.0 Å². The predicted molar refractivity (Wildman–Crippen MR) is 98.7 cm³/mol. The highest BCUT2D eigenvalue weighted by atomic mass is 17.1. The minimum Gasteiger partial charge on any atom is -0.478 e. The van der Waals surface area contributed by atoms with E-state index < -0.39 is 5.97 Å². The second kappa shape index (κ2) is 17.5. The Morgan fingerprint density at radius 2 is 1.50 bits per heavy atom. The number of allylic oxidation sites excluding steroid dienone is 6. The zero-order valence-electron chi connectivity index (χ0n) is 14.8. The van der Waals surface area contributed by atoms with Crippen LogP contribution in [-0.4, -0.2) is 16.3 Å². The Labute approximate surface area is 146 Å². The monoisotopic (exact) mass is 336 g/mol. The smallest absolute Gasteiger partial charge is 0.328 e. The van der Waals surface area contributed by atoms with Gasteiger partial charge in [0, 0.05) is 6.08 Å². The first-order chi connectivity index (χ1) is 11.7. The molecule has 0 saturated carbocycles. The molecular weight excluding hydrogens is 304 g/mol. The minimum atomic E-state index is -1.05. The summed E-state index contributed by atoms with van der Waals surface area (Å²) in [5.41, 5.74) is 0. The van der Waals surface area contributed by atoms with E-state index in [0.29, 0.717) is 0 Å². The second-order valence-corrected chi connectivity index (χ2v) is 5.76. The molecule has 0 aromatic carbocycles. The lowest BCUT2D eigenvalue weighted by Gasteiger charge is -2.00. The molecule has 0 spiro atoms. The maximum atomic E-state index is 10.3. The molecule has 0 fully saturated rings. The van der Waals surface area contributed by atoms with E-state index in [1.54, 1.807) is 12.2 Å². The Morgan fingerprint density at radius 1 is 0.875 bits per heavy atom. The Hall–Kier alpha value is -1.81. The van der Waals surface area contributed by atoms with Crippen LogP contribution in [0.25, 0.3) is 0 Å². The number of aliphatic carboxylic acids is 1. The SMILES string of the molecule is CCCCCCCCCCC\C=C/C=C/C(=C/C=CC(=O)O)OO.